The van der Waals surface area contributed by atoms with Crippen LogP contribution >= 0.6 is 12.4 Å². The molecule has 0 saturated carbocycles. The first-order valence-corrected chi connectivity index (χ1v) is 4.83. The van der Waals surface area contributed by atoms with Crippen LogP contribution in [0.2, 0.25) is 0 Å². The number of amides is 1. The Morgan fingerprint density at radius 1 is 1.62 bits per heavy atom. The molecule has 2 N–H and O–H groups in total. The molecule has 3 nitrogen and oxygen atoms in total. The van der Waals surface area contributed by atoms with E-state index in [-0.39, 0.29) is 18.3 Å². The third-order valence-corrected chi connectivity index (χ3v) is 2.19. The van der Waals surface area contributed by atoms with Crippen LogP contribution in [0, 0.1) is 0 Å². The third-order valence-electron chi connectivity index (χ3n) is 2.19. The first-order chi connectivity index (χ1) is 5.83. The van der Waals surface area contributed by atoms with Crippen molar-refractivity contribution in [3.8, 4) is 0 Å². The fourth-order valence-electron chi connectivity index (χ4n) is 1.48. The molecular weight excluding hydrogens is 188 g/mol. The van der Waals surface area contributed by atoms with Crippen molar-refractivity contribution in [2.75, 3.05) is 13.1 Å². The molecule has 0 aromatic carbocycles. The van der Waals surface area contributed by atoms with Crippen molar-refractivity contribution >= 4 is 18.3 Å². The van der Waals surface area contributed by atoms with E-state index in [2.05, 4.69) is 10.6 Å². The van der Waals surface area contributed by atoms with Crippen molar-refractivity contribution in [3.05, 3.63) is 0 Å². The normalized spacial score (nSPS) is 20.8. The van der Waals surface area contributed by atoms with Gasteiger partial charge in [0.15, 0.2) is 0 Å². The molecule has 1 aliphatic rings. The van der Waals surface area contributed by atoms with Crippen LogP contribution in [0.3, 0.4) is 0 Å². The van der Waals surface area contributed by atoms with Gasteiger partial charge in [0, 0.05) is 19.0 Å². The Bertz CT molecular complexity index is 147. The zero-order valence-corrected chi connectivity index (χ0v) is 8.95. The summed E-state index contributed by atoms with van der Waals surface area (Å²) in [5, 5.41) is 6.26. The molecule has 1 amide bonds. The van der Waals surface area contributed by atoms with E-state index in [1.807, 2.05) is 6.92 Å². The summed E-state index contributed by atoms with van der Waals surface area (Å²) in [4.78, 5) is 11.1. The SMILES string of the molecule is CCCC(=O)NC[C@H]1CCCN1.Cl. The smallest absolute Gasteiger partial charge is 0.220 e. The van der Waals surface area contributed by atoms with Crippen molar-refractivity contribution < 1.29 is 4.79 Å². The molecule has 4 heteroatoms. The number of rotatable bonds is 4. The summed E-state index contributed by atoms with van der Waals surface area (Å²) in [5.74, 6) is 0.186. The molecule has 0 bridgehead atoms. The molecule has 1 saturated heterocycles. The zero-order chi connectivity index (χ0) is 8.81. The molecular formula is C9H19ClN2O. The second kappa shape index (κ2) is 7.15. The average molecular weight is 207 g/mol. The molecule has 1 fully saturated rings. The van der Waals surface area contributed by atoms with Gasteiger partial charge in [-0.15, -0.1) is 12.4 Å². The van der Waals surface area contributed by atoms with Crippen LogP contribution in [-0.2, 0) is 4.79 Å². The second-order valence-corrected chi connectivity index (χ2v) is 3.35. The number of carbonyl (C=O) groups is 1. The van der Waals surface area contributed by atoms with Gasteiger partial charge in [-0.2, -0.15) is 0 Å². The predicted molar refractivity (Wildman–Crippen MR) is 56.2 cm³/mol. The highest BCUT2D eigenvalue weighted by molar-refractivity contribution is 5.85. The summed E-state index contributed by atoms with van der Waals surface area (Å²) in [6.07, 6.45) is 4.04. The maximum Gasteiger partial charge on any atom is 0.220 e. The molecule has 0 spiro atoms. The van der Waals surface area contributed by atoms with Crippen molar-refractivity contribution in [1.29, 1.82) is 0 Å². The van der Waals surface area contributed by atoms with Crippen LogP contribution in [0.15, 0.2) is 0 Å². The quantitative estimate of drug-likeness (QED) is 0.723. The number of nitrogens with one attached hydrogen (secondary N) is 2. The Hall–Kier alpha value is -0.280. The van der Waals surface area contributed by atoms with E-state index in [0.717, 1.165) is 19.5 Å². The van der Waals surface area contributed by atoms with Crippen LogP contribution in [0.5, 0.6) is 0 Å². The fourth-order valence-corrected chi connectivity index (χ4v) is 1.48. The van der Waals surface area contributed by atoms with Gasteiger partial charge in [0.2, 0.25) is 5.91 Å². The minimum absolute atomic E-state index is 0. The maximum atomic E-state index is 11.1. The Balaban J connectivity index is 0.00000144. The molecule has 0 aliphatic carbocycles. The van der Waals surface area contributed by atoms with Crippen LogP contribution in [0.25, 0.3) is 0 Å². The maximum absolute atomic E-state index is 11.1. The van der Waals surface area contributed by atoms with Gasteiger partial charge in [-0.1, -0.05) is 6.92 Å². The van der Waals surface area contributed by atoms with E-state index >= 15 is 0 Å². The van der Waals surface area contributed by atoms with Gasteiger partial charge in [-0.25, -0.2) is 0 Å². The van der Waals surface area contributed by atoms with Gasteiger partial charge in [0.1, 0.15) is 0 Å². The van der Waals surface area contributed by atoms with E-state index in [1.165, 1.54) is 12.8 Å². The Labute approximate surface area is 86.1 Å². The molecule has 0 aromatic rings. The van der Waals surface area contributed by atoms with Crippen LogP contribution < -0.4 is 10.6 Å². The molecule has 0 aromatic heterocycles. The summed E-state index contributed by atoms with van der Waals surface area (Å²) in [6.45, 7) is 3.93. The molecule has 1 aliphatic heterocycles. The van der Waals surface area contributed by atoms with Crippen molar-refractivity contribution in [1.82, 2.24) is 10.6 Å². The van der Waals surface area contributed by atoms with Crippen LogP contribution in [0.1, 0.15) is 32.6 Å². The number of hydrogen-bond acceptors (Lipinski definition) is 2. The lowest BCUT2D eigenvalue weighted by atomic mass is 10.2. The number of carbonyl (C=O) groups excluding carboxylic acids is 1. The first-order valence-electron chi connectivity index (χ1n) is 4.83. The topological polar surface area (TPSA) is 41.1 Å². The van der Waals surface area contributed by atoms with Crippen molar-refractivity contribution in [2.24, 2.45) is 0 Å². The van der Waals surface area contributed by atoms with Gasteiger partial charge in [-0.3, -0.25) is 4.79 Å². The third kappa shape index (κ3) is 5.11. The molecule has 1 rings (SSSR count). The monoisotopic (exact) mass is 206 g/mol. The standard InChI is InChI=1S/C9H18N2O.ClH/c1-2-4-9(12)11-7-8-5-3-6-10-8;/h8,10H,2-7H2,1H3,(H,11,12);1H/t8-;/m1./s1. The molecule has 0 unspecified atom stereocenters. The largest absolute Gasteiger partial charge is 0.355 e. The fraction of sp³-hybridized carbons (Fsp3) is 0.889. The predicted octanol–water partition coefficient (Wildman–Crippen LogP) is 1.08. The Morgan fingerprint density at radius 3 is 2.92 bits per heavy atom. The second-order valence-electron chi connectivity index (χ2n) is 3.35. The molecule has 0 radical (unpaired) electrons. The van der Waals surface area contributed by atoms with Gasteiger partial charge >= 0.3 is 0 Å². The molecule has 13 heavy (non-hydrogen) atoms. The Kier molecular flexibility index (Phi) is 7.00. The number of halogens is 1. The van der Waals surface area contributed by atoms with E-state index < -0.39 is 0 Å². The van der Waals surface area contributed by atoms with Gasteiger partial charge in [-0.05, 0) is 25.8 Å². The first kappa shape index (κ1) is 12.7. The number of hydrogen-bond donors (Lipinski definition) is 2. The van der Waals surface area contributed by atoms with Gasteiger partial charge < -0.3 is 10.6 Å². The van der Waals surface area contributed by atoms with Crippen molar-refractivity contribution in [3.63, 3.8) is 0 Å². The average Bonchev–Trinajstić information content (AvgIpc) is 2.53. The minimum atomic E-state index is 0. The lowest BCUT2D eigenvalue weighted by molar-refractivity contribution is -0.121. The minimum Gasteiger partial charge on any atom is -0.355 e. The summed E-state index contributed by atoms with van der Waals surface area (Å²) in [6, 6.07) is 0.519. The van der Waals surface area contributed by atoms with Gasteiger partial charge in [0.05, 0.1) is 0 Å². The highest BCUT2D eigenvalue weighted by atomic mass is 35.5. The zero-order valence-electron chi connectivity index (χ0n) is 8.14. The lowest BCUT2D eigenvalue weighted by Gasteiger charge is -2.10. The van der Waals surface area contributed by atoms with E-state index in [9.17, 15) is 4.79 Å². The summed E-state index contributed by atoms with van der Waals surface area (Å²) >= 11 is 0. The van der Waals surface area contributed by atoms with E-state index in [1.54, 1.807) is 0 Å². The van der Waals surface area contributed by atoms with E-state index in [4.69, 9.17) is 0 Å². The molecule has 78 valence electrons. The van der Waals surface area contributed by atoms with Crippen LogP contribution in [0.4, 0.5) is 0 Å². The van der Waals surface area contributed by atoms with Crippen LogP contribution in [-0.4, -0.2) is 25.0 Å². The van der Waals surface area contributed by atoms with Crippen molar-refractivity contribution in [2.45, 2.75) is 38.6 Å². The van der Waals surface area contributed by atoms with Gasteiger partial charge in [0.25, 0.3) is 0 Å². The summed E-state index contributed by atoms with van der Waals surface area (Å²) in [7, 11) is 0. The summed E-state index contributed by atoms with van der Waals surface area (Å²) < 4.78 is 0. The highest BCUT2D eigenvalue weighted by Gasteiger charge is 2.13. The summed E-state index contributed by atoms with van der Waals surface area (Å²) in [5.41, 5.74) is 0. The molecule has 1 heterocycles. The van der Waals surface area contributed by atoms with E-state index in [0.29, 0.717) is 12.5 Å². The lowest BCUT2D eigenvalue weighted by Crippen LogP contribution is -2.36. The Morgan fingerprint density at radius 2 is 2.38 bits per heavy atom. The molecule has 1 atom stereocenters. The highest BCUT2D eigenvalue weighted by Crippen LogP contribution is 2.03.